The Morgan fingerprint density at radius 3 is 1.98 bits per heavy atom. The van der Waals surface area contributed by atoms with Gasteiger partial charge in [0.15, 0.2) is 12.6 Å². The minimum absolute atomic E-state index is 0.0643. The average molecular weight is 911 g/mol. The SMILES string of the molecule is CC1=CC2C3=CCC4C5(C)CCC(OC6OC(C)C(O)C(O)C6O)C(C)(C)C5CCC4(C)C3(C)CCC2(C(=O)OC2OC(CO)C(OC3OC(CO)C(O)C(O)C3O)C(O)C2O)CC1. The molecule has 23 unspecified atom stereocenters. The Morgan fingerprint density at radius 1 is 0.688 bits per heavy atom. The number of rotatable bonds is 8. The predicted octanol–water partition coefficient (Wildman–Crippen LogP) is 0.698. The first-order valence-electron chi connectivity index (χ1n) is 23.5. The number of hydrogen-bond acceptors (Lipinski definition) is 17. The molecule has 6 fully saturated rings. The maximum Gasteiger partial charge on any atom is 0.315 e. The van der Waals surface area contributed by atoms with Crippen LogP contribution in [-0.2, 0) is 33.2 Å². The fourth-order valence-corrected chi connectivity index (χ4v) is 14.4. The molecule has 17 nitrogen and oxygen atoms in total. The van der Waals surface area contributed by atoms with Gasteiger partial charge in [-0.25, -0.2) is 0 Å². The number of carbonyl (C=O) groups is 1. The molecule has 3 saturated carbocycles. The maximum absolute atomic E-state index is 14.8. The van der Waals surface area contributed by atoms with Crippen LogP contribution in [0, 0.1) is 44.8 Å². The van der Waals surface area contributed by atoms with E-state index in [0.29, 0.717) is 31.6 Å². The minimum Gasteiger partial charge on any atom is -0.432 e. The van der Waals surface area contributed by atoms with E-state index < -0.39 is 117 Å². The molecule has 0 amide bonds. The normalized spacial score (nSPS) is 53.7. The summed E-state index contributed by atoms with van der Waals surface area (Å²) in [7, 11) is 0. The van der Waals surface area contributed by atoms with Gasteiger partial charge in [-0.1, -0.05) is 57.9 Å². The van der Waals surface area contributed by atoms with E-state index in [1.165, 1.54) is 11.1 Å². The van der Waals surface area contributed by atoms with Crippen molar-refractivity contribution in [3.63, 3.8) is 0 Å². The lowest BCUT2D eigenvalue weighted by atomic mass is 9.34. The van der Waals surface area contributed by atoms with Gasteiger partial charge in [-0.05, 0) is 105 Å². The number of fused-ring (bicyclic) bond motifs is 7. The molecule has 0 aromatic rings. The Morgan fingerprint density at radius 2 is 1.31 bits per heavy atom. The molecule has 0 aromatic heterocycles. The van der Waals surface area contributed by atoms with E-state index in [4.69, 9.17) is 28.4 Å². The van der Waals surface area contributed by atoms with Crippen LogP contribution in [-0.4, -0.2) is 168 Å². The van der Waals surface area contributed by atoms with E-state index in [0.717, 1.165) is 32.1 Å². The summed E-state index contributed by atoms with van der Waals surface area (Å²) >= 11 is 0. The van der Waals surface area contributed by atoms with Crippen LogP contribution >= 0.6 is 0 Å². The molecule has 0 bridgehead atoms. The molecule has 3 aliphatic heterocycles. The van der Waals surface area contributed by atoms with E-state index in [1.54, 1.807) is 6.92 Å². The Hall–Kier alpha value is -1.65. The Labute approximate surface area is 375 Å². The number of allylic oxidation sites excluding steroid dienone is 4. The number of carbonyl (C=O) groups excluding carboxylic acids is 1. The summed E-state index contributed by atoms with van der Waals surface area (Å²) in [5.41, 5.74) is 0.625. The Balaban J connectivity index is 1.01. The van der Waals surface area contributed by atoms with Crippen molar-refractivity contribution in [1.82, 2.24) is 0 Å². The fraction of sp³-hybridized carbons (Fsp3) is 0.894. The second-order valence-electron chi connectivity index (χ2n) is 22.0. The molecular weight excluding hydrogens is 837 g/mol. The topological polar surface area (TPSA) is 275 Å². The molecule has 3 heterocycles. The highest BCUT2D eigenvalue weighted by Gasteiger charge is 2.69. The smallest absolute Gasteiger partial charge is 0.315 e. The molecule has 3 saturated heterocycles. The number of hydrogen-bond donors (Lipinski definition) is 10. The second kappa shape index (κ2) is 17.4. The summed E-state index contributed by atoms with van der Waals surface area (Å²) in [6, 6.07) is 0. The second-order valence-corrected chi connectivity index (χ2v) is 22.0. The molecule has 17 heteroatoms. The van der Waals surface area contributed by atoms with Crippen LogP contribution in [0.5, 0.6) is 0 Å². The summed E-state index contributed by atoms with van der Waals surface area (Å²) in [6.07, 6.45) is -11.0. The van der Waals surface area contributed by atoms with Crippen LogP contribution < -0.4 is 0 Å². The van der Waals surface area contributed by atoms with Crippen molar-refractivity contribution in [3.05, 3.63) is 23.3 Å². The van der Waals surface area contributed by atoms with Gasteiger partial charge in [0.1, 0.15) is 67.1 Å². The van der Waals surface area contributed by atoms with Crippen LogP contribution in [0.4, 0.5) is 0 Å². The summed E-state index contributed by atoms with van der Waals surface area (Å²) in [5, 5.41) is 105. The van der Waals surface area contributed by atoms with Gasteiger partial charge in [-0.3, -0.25) is 4.79 Å². The van der Waals surface area contributed by atoms with Crippen molar-refractivity contribution >= 4 is 5.97 Å². The van der Waals surface area contributed by atoms with Gasteiger partial charge in [0.25, 0.3) is 0 Å². The van der Waals surface area contributed by atoms with Gasteiger partial charge in [-0.15, -0.1) is 0 Å². The molecule has 0 spiro atoms. The molecule has 8 aliphatic rings. The standard InChI is InChI=1S/C47H74O17/c1-21-10-15-47(42(58)64-41-37(57)34(54)38(26(20-49)61-41)63-40-36(56)33(53)31(51)25(19-48)60-40)17-16-45(6)23(24(47)18-21)8-9-28-44(5)13-12-29(43(3,4)27(44)11-14-46(28,45)7)62-39-35(55)32(52)30(50)22(2)59-39/h8,18,22,24-41,48-57H,9-17,19-20H2,1-7H3. The fourth-order valence-electron chi connectivity index (χ4n) is 14.4. The lowest BCUT2D eigenvalue weighted by Crippen LogP contribution is -2.66. The number of esters is 1. The first-order chi connectivity index (χ1) is 30.0. The van der Waals surface area contributed by atoms with Crippen molar-refractivity contribution in [3.8, 4) is 0 Å². The molecule has 10 N–H and O–H groups in total. The highest BCUT2D eigenvalue weighted by molar-refractivity contribution is 5.79. The predicted molar refractivity (Wildman–Crippen MR) is 224 cm³/mol. The monoisotopic (exact) mass is 910 g/mol. The highest BCUT2D eigenvalue weighted by atomic mass is 16.8. The van der Waals surface area contributed by atoms with Crippen LogP contribution in [0.25, 0.3) is 0 Å². The molecular formula is C47H74O17. The van der Waals surface area contributed by atoms with E-state index in [2.05, 4.69) is 53.7 Å². The van der Waals surface area contributed by atoms with E-state index in [1.807, 2.05) is 0 Å². The molecule has 5 aliphatic carbocycles. The molecule has 364 valence electrons. The quantitative estimate of drug-likeness (QED) is 0.0912. The lowest BCUT2D eigenvalue weighted by molar-refractivity contribution is -0.356. The first kappa shape index (κ1) is 48.8. The van der Waals surface area contributed by atoms with Crippen molar-refractivity contribution in [2.45, 2.75) is 204 Å². The van der Waals surface area contributed by atoms with Gasteiger partial charge in [0, 0.05) is 5.92 Å². The van der Waals surface area contributed by atoms with Crippen molar-refractivity contribution in [2.75, 3.05) is 13.2 Å². The van der Waals surface area contributed by atoms with Crippen LogP contribution in [0.3, 0.4) is 0 Å². The zero-order valence-corrected chi connectivity index (χ0v) is 38.2. The highest BCUT2D eigenvalue weighted by Crippen LogP contribution is 2.75. The van der Waals surface area contributed by atoms with E-state index in [-0.39, 0.29) is 39.6 Å². The minimum atomic E-state index is -1.84. The summed E-state index contributed by atoms with van der Waals surface area (Å²) in [5.74, 6) is -0.274. The van der Waals surface area contributed by atoms with Crippen LogP contribution in [0.15, 0.2) is 23.3 Å². The summed E-state index contributed by atoms with van der Waals surface area (Å²) in [4.78, 5) is 14.8. The molecule has 8 rings (SSSR count). The van der Waals surface area contributed by atoms with Crippen LogP contribution in [0.2, 0.25) is 0 Å². The average Bonchev–Trinajstić information content (AvgIpc) is 3.25. The molecule has 64 heavy (non-hydrogen) atoms. The third-order valence-electron chi connectivity index (χ3n) is 18.6. The van der Waals surface area contributed by atoms with Crippen molar-refractivity contribution in [1.29, 1.82) is 0 Å². The van der Waals surface area contributed by atoms with Crippen molar-refractivity contribution < 1.29 is 84.3 Å². The molecule has 23 atom stereocenters. The van der Waals surface area contributed by atoms with Crippen LogP contribution in [0.1, 0.15) is 106 Å². The van der Waals surface area contributed by atoms with Gasteiger partial charge in [-0.2, -0.15) is 0 Å². The maximum atomic E-state index is 14.8. The van der Waals surface area contributed by atoms with E-state index >= 15 is 0 Å². The Bertz CT molecular complexity index is 1790. The summed E-state index contributed by atoms with van der Waals surface area (Å²) < 4.78 is 35.6. The number of aliphatic hydroxyl groups excluding tert-OH is 10. The Kier molecular flexibility index (Phi) is 13.3. The zero-order chi connectivity index (χ0) is 46.6. The largest absolute Gasteiger partial charge is 0.432 e. The van der Waals surface area contributed by atoms with Gasteiger partial charge in [0.2, 0.25) is 6.29 Å². The molecule has 0 radical (unpaired) electrons. The molecule has 0 aromatic carbocycles. The third-order valence-corrected chi connectivity index (χ3v) is 18.6. The summed E-state index contributed by atoms with van der Waals surface area (Å²) in [6.45, 7) is 14.0. The lowest BCUT2D eigenvalue weighted by Gasteiger charge is -2.71. The number of ether oxygens (including phenoxy) is 6. The zero-order valence-electron chi connectivity index (χ0n) is 38.2. The number of aliphatic hydroxyl groups is 10. The van der Waals surface area contributed by atoms with Gasteiger partial charge >= 0.3 is 5.97 Å². The third kappa shape index (κ3) is 7.41. The van der Waals surface area contributed by atoms with Gasteiger partial charge in [0.05, 0.1) is 30.8 Å². The van der Waals surface area contributed by atoms with E-state index in [9.17, 15) is 55.9 Å². The van der Waals surface area contributed by atoms with Crippen molar-refractivity contribution in [2.24, 2.45) is 44.8 Å². The first-order valence-corrected chi connectivity index (χ1v) is 23.5. The van der Waals surface area contributed by atoms with Gasteiger partial charge < -0.3 is 79.5 Å².